The molecule has 3 N–H and O–H groups in total. The quantitative estimate of drug-likeness (QED) is 0.463. The van der Waals surface area contributed by atoms with Crippen LogP contribution in [0.1, 0.15) is 5.56 Å². The van der Waals surface area contributed by atoms with Gasteiger partial charge in [-0.25, -0.2) is 9.18 Å². The summed E-state index contributed by atoms with van der Waals surface area (Å²) in [4.78, 5) is 22.0. The molecule has 0 aromatic heterocycles. The van der Waals surface area contributed by atoms with E-state index in [9.17, 15) is 27.2 Å². The van der Waals surface area contributed by atoms with E-state index in [4.69, 9.17) is 5.73 Å². The van der Waals surface area contributed by atoms with E-state index >= 15 is 0 Å². The van der Waals surface area contributed by atoms with E-state index in [0.29, 0.717) is 5.56 Å². The molecule has 0 heterocycles. The smallest absolute Gasteiger partial charge is 0.457 e. The molecule has 0 saturated heterocycles. The van der Waals surface area contributed by atoms with Gasteiger partial charge in [-0.15, -0.1) is 0 Å². The molecule has 9 heteroatoms. The van der Waals surface area contributed by atoms with Gasteiger partial charge >= 0.3 is 12.1 Å². The third-order valence-electron chi connectivity index (χ3n) is 2.57. The summed E-state index contributed by atoms with van der Waals surface area (Å²) < 4.78 is 52.1. The van der Waals surface area contributed by atoms with Crippen molar-refractivity contribution in [2.24, 2.45) is 5.73 Å². The summed E-state index contributed by atoms with van der Waals surface area (Å²) in [6, 6.07) is 4.41. The number of hydrogen-bond acceptors (Lipinski definition) is 4. The van der Waals surface area contributed by atoms with Crippen LogP contribution in [0.3, 0.4) is 0 Å². The molecule has 0 spiro atoms. The molecule has 0 bridgehead atoms. The van der Waals surface area contributed by atoms with Crippen LogP contribution in [0.5, 0.6) is 0 Å². The lowest BCUT2D eigenvalue weighted by Crippen LogP contribution is -2.43. The minimum Gasteiger partial charge on any atom is -0.457 e. The minimum absolute atomic E-state index is 0.133. The van der Waals surface area contributed by atoms with Crippen LogP contribution in [0, 0.1) is 5.82 Å². The van der Waals surface area contributed by atoms with Gasteiger partial charge in [-0.2, -0.15) is 13.2 Å². The Labute approximate surface area is 123 Å². The van der Waals surface area contributed by atoms with E-state index in [-0.39, 0.29) is 13.0 Å². The standard InChI is InChI=1S/C13H14F4N2O3/c14-9-3-1-8(2-4-9)7-10(18)11(20)19-5-6-22-12(21)13(15,16)17/h1-4,10H,5-7,18H2,(H,19,20). The molecule has 0 aliphatic rings. The molecule has 1 aromatic carbocycles. The third-order valence-corrected chi connectivity index (χ3v) is 2.57. The highest BCUT2D eigenvalue weighted by Crippen LogP contribution is 2.15. The van der Waals surface area contributed by atoms with Crippen molar-refractivity contribution in [1.82, 2.24) is 5.32 Å². The SMILES string of the molecule is NC(Cc1ccc(F)cc1)C(=O)NCCOC(=O)C(F)(F)F. The molecule has 22 heavy (non-hydrogen) atoms. The zero-order valence-corrected chi connectivity index (χ0v) is 11.3. The van der Waals surface area contributed by atoms with Gasteiger partial charge in [0, 0.05) is 0 Å². The highest BCUT2D eigenvalue weighted by atomic mass is 19.4. The van der Waals surface area contributed by atoms with Crippen LogP contribution in [0.15, 0.2) is 24.3 Å². The van der Waals surface area contributed by atoms with E-state index in [1.54, 1.807) is 0 Å². The Morgan fingerprint density at radius 1 is 1.23 bits per heavy atom. The van der Waals surface area contributed by atoms with Gasteiger partial charge in [0.1, 0.15) is 12.4 Å². The van der Waals surface area contributed by atoms with Crippen molar-refractivity contribution in [3.63, 3.8) is 0 Å². The van der Waals surface area contributed by atoms with Crippen LogP contribution in [0.25, 0.3) is 0 Å². The summed E-state index contributed by atoms with van der Waals surface area (Å²) in [5.74, 6) is -3.36. The molecule has 0 aliphatic heterocycles. The van der Waals surface area contributed by atoms with E-state index in [0.717, 1.165) is 0 Å². The molecule has 0 saturated carbocycles. The second-order valence-corrected chi connectivity index (χ2v) is 4.36. The largest absolute Gasteiger partial charge is 0.490 e. The van der Waals surface area contributed by atoms with Gasteiger partial charge in [0.15, 0.2) is 0 Å². The van der Waals surface area contributed by atoms with E-state index in [1.165, 1.54) is 24.3 Å². The average molecular weight is 322 g/mol. The predicted octanol–water partition coefficient (Wildman–Crippen LogP) is 0.917. The second kappa shape index (κ2) is 7.74. The number of hydrogen-bond donors (Lipinski definition) is 2. The van der Waals surface area contributed by atoms with Crippen molar-refractivity contribution in [2.45, 2.75) is 18.6 Å². The zero-order chi connectivity index (χ0) is 16.8. The molecular weight excluding hydrogens is 308 g/mol. The summed E-state index contributed by atoms with van der Waals surface area (Å²) in [5.41, 5.74) is 6.24. The van der Waals surface area contributed by atoms with Crippen molar-refractivity contribution in [2.75, 3.05) is 13.2 Å². The minimum atomic E-state index is -5.07. The molecule has 0 aliphatic carbocycles. The van der Waals surface area contributed by atoms with Gasteiger partial charge in [-0.1, -0.05) is 12.1 Å². The van der Waals surface area contributed by atoms with E-state index < -0.39 is 36.5 Å². The first-order valence-electron chi connectivity index (χ1n) is 6.22. The van der Waals surface area contributed by atoms with E-state index in [1.807, 2.05) is 0 Å². The number of nitrogens with two attached hydrogens (primary N) is 1. The Hall–Kier alpha value is -2.16. The molecule has 1 unspecified atom stereocenters. The fraction of sp³-hybridized carbons (Fsp3) is 0.385. The number of benzene rings is 1. The predicted molar refractivity (Wildman–Crippen MR) is 68.1 cm³/mol. The first-order chi connectivity index (χ1) is 10.2. The number of esters is 1. The first kappa shape index (κ1) is 17.9. The molecular formula is C13H14F4N2O3. The van der Waals surface area contributed by atoms with Gasteiger partial charge < -0.3 is 15.8 Å². The maximum absolute atomic E-state index is 12.7. The maximum Gasteiger partial charge on any atom is 0.490 e. The summed E-state index contributed by atoms with van der Waals surface area (Å²) in [6.07, 6.45) is -4.93. The molecule has 1 amide bonds. The first-order valence-corrected chi connectivity index (χ1v) is 6.22. The van der Waals surface area contributed by atoms with Crippen molar-refractivity contribution in [3.05, 3.63) is 35.6 Å². The molecule has 1 aromatic rings. The van der Waals surface area contributed by atoms with Crippen LogP contribution in [-0.2, 0) is 20.7 Å². The molecule has 0 radical (unpaired) electrons. The van der Waals surface area contributed by atoms with Crippen LogP contribution in [-0.4, -0.2) is 37.2 Å². The highest BCUT2D eigenvalue weighted by molar-refractivity contribution is 5.81. The van der Waals surface area contributed by atoms with Gasteiger partial charge in [-0.3, -0.25) is 4.79 Å². The lowest BCUT2D eigenvalue weighted by Gasteiger charge is -2.13. The van der Waals surface area contributed by atoms with Crippen molar-refractivity contribution in [3.8, 4) is 0 Å². The summed E-state index contributed by atoms with van der Waals surface area (Å²) in [6.45, 7) is -0.912. The number of halogens is 4. The number of carbonyl (C=O) groups is 2. The number of nitrogens with one attached hydrogen (secondary N) is 1. The molecule has 122 valence electrons. The average Bonchev–Trinajstić information content (AvgIpc) is 2.44. The third kappa shape index (κ3) is 6.08. The number of alkyl halides is 3. The van der Waals surface area contributed by atoms with Crippen LogP contribution in [0.4, 0.5) is 17.6 Å². The Balaban J connectivity index is 2.30. The molecule has 1 rings (SSSR count). The van der Waals surface area contributed by atoms with Crippen LogP contribution in [0.2, 0.25) is 0 Å². The second-order valence-electron chi connectivity index (χ2n) is 4.36. The van der Waals surface area contributed by atoms with Gasteiger partial charge in [0.05, 0.1) is 12.6 Å². The van der Waals surface area contributed by atoms with Gasteiger partial charge in [0.25, 0.3) is 0 Å². The van der Waals surface area contributed by atoms with Crippen molar-refractivity contribution in [1.29, 1.82) is 0 Å². The van der Waals surface area contributed by atoms with Crippen LogP contribution < -0.4 is 11.1 Å². The summed E-state index contributed by atoms with van der Waals surface area (Å²) >= 11 is 0. The Morgan fingerprint density at radius 2 is 1.82 bits per heavy atom. The topological polar surface area (TPSA) is 81.4 Å². The van der Waals surface area contributed by atoms with E-state index in [2.05, 4.69) is 10.1 Å². The number of ether oxygens (including phenoxy) is 1. The monoisotopic (exact) mass is 322 g/mol. The number of carbonyl (C=O) groups excluding carboxylic acids is 2. The fourth-order valence-electron chi connectivity index (χ4n) is 1.50. The Kier molecular flexibility index (Phi) is 6.29. The Morgan fingerprint density at radius 3 is 2.36 bits per heavy atom. The molecule has 5 nitrogen and oxygen atoms in total. The van der Waals surface area contributed by atoms with Crippen LogP contribution >= 0.6 is 0 Å². The summed E-state index contributed by atoms with van der Waals surface area (Å²) in [7, 11) is 0. The fourth-order valence-corrected chi connectivity index (χ4v) is 1.50. The number of rotatable bonds is 6. The summed E-state index contributed by atoms with van der Waals surface area (Å²) in [5, 5.41) is 2.24. The van der Waals surface area contributed by atoms with Gasteiger partial charge in [-0.05, 0) is 24.1 Å². The maximum atomic E-state index is 12.7. The lowest BCUT2D eigenvalue weighted by atomic mass is 10.1. The molecule has 1 atom stereocenters. The van der Waals surface area contributed by atoms with Gasteiger partial charge in [0.2, 0.25) is 5.91 Å². The zero-order valence-electron chi connectivity index (χ0n) is 11.3. The lowest BCUT2D eigenvalue weighted by molar-refractivity contribution is -0.199. The normalized spacial score (nSPS) is 12.6. The Bertz CT molecular complexity index is 517. The molecule has 0 fully saturated rings. The highest BCUT2D eigenvalue weighted by Gasteiger charge is 2.40. The van der Waals surface area contributed by atoms with Crippen molar-refractivity contribution >= 4 is 11.9 Å². The number of amides is 1. The van der Waals surface area contributed by atoms with Crippen molar-refractivity contribution < 1.29 is 31.9 Å².